The van der Waals surface area contributed by atoms with E-state index in [0.717, 1.165) is 12.1 Å². The summed E-state index contributed by atoms with van der Waals surface area (Å²) in [5, 5.41) is 6.27. The number of nitrogens with one attached hydrogen (secondary N) is 1. The monoisotopic (exact) mass is 240 g/mol. The predicted octanol–water partition coefficient (Wildman–Crippen LogP) is 2.91. The summed E-state index contributed by atoms with van der Waals surface area (Å²) in [4.78, 5) is 10.4. The van der Waals surface area contributed by atoms with Crippen molar-refractivity contribution in [1.82, 2.24) is 10.2 Å². The van der Waals surface area contributed by atoms with Crippen LogP contribution in [0, 0.1) is 0 Å². The van der Waals surface area contributed by atoms with E-state index in [1.807, 2.05) is 0 Å². The maximum Gasteiger partial charge on any atom is 0.416 e. The quantitative estimate of drug-likeness (QED) is 0.820. The molecule has 0 bridgehead atoms. The molecule has 0 aliphatic heterocycles. The van der Waals surface area contributed by atoms with Crippen LogP contribution >= 0.6 is 0 Å². The highest BCUT2D eigenvalue weighted by atomic mass is 19.4. The van der Waals surface area contributed by atoms with Gasteiger partial charge in [0.25, 0.3) is 0 Å². The first-order valence-corrected chi connectivity index (χ1v) is 4.69. The molecule has 1 aromatic heterocycles. The normalized spacial score (nSPS) is 11.5. The SMILES string of the molecule is O=Cc1cc(-c2ccc(C(F)(F)F)cc2)n[nH]1. The highest BCUT2D eigenvalue weighted by Crippen LogP contribution is 2.30. The number of benzene rings is 1. The van der Waals surface area contributed by atoms with Crippen molar-refractivity contribution in [3.05, 3.63) is 41.6 Å². The lowest BCUT2D eigenvalue weighted by atomic mass is 10.1. The third-order valence-corrected chi connectivity index (χ3v) is 2.23. The van der Waals surface area contributed by atoms with Gasteiger partial charge in [-0.1, -0.05) is 12.1 Å². The maximum atomic E-state index is 12.3. The Morgan fingerprint density at radius 1 is 1.18 bits per heavy atom. The second-order valence-electron chi connectivity index (χ2n) is 3.40. The molecule has 3 nitrogen and oxygen atoms in total. The molecule has 0 fully saturated rings. The van der Waals surface area contributed by atoms with Gasteiger partial charge in [-0.3, -0.25) is 9.89 Å². The van der Waals surface area contributed by atoms with E-state index in [-0.39, 0.29) is 5.69 Å². The van der Waals surface area contributed by atoms with Crippen LogP contribution in [0.2, 0.25) is 0 Å². The Morgan fingerprint density at radius 2 is 1.82 bits per heavy atom. The summed E-state index contributed by atoms with van der Waals surface area (Å²) in [6.45, 7) is 0. The lowest BCUT2D eigenvalue weighted by Gasteiger charge is -2.06. The number of H-pyrrole nitrogens is 1. The summed E-state index contributed by atoms with van der Waals surface area (Å²) in [6, 6.07) is 6.05. The van der Waals surface area contributed by atoms with Gasteiger partial charge in [0.2, 0.25) is 0 Å². The van der Waals surface area contributed by atoms with Gasteiger partial charge in [0.15, 0.2) is 6.29 Å². The van der Waals surface area contributed by atoms with Crippen LogP contribution in [-0.4, -0.2) is 16.5 Å². The van der Waals surface area contributed by atoms with E-state index in [0.29, 0.717) is 17.5 Å². The first-order chi connectivity index (χ1) is 8.00. The predicted molar refractivity (Wildman–Crippen MR) is 54.4 cm³/mol. The lowest BCUT2D eigenvalue weighted by Crippen LogP contribution is -2.03. The smallest absolute Gasteiger partial charge is 0.296 e. The minimum atomic E-state index is -4.35. The van der Waals surface area contributed by atoms with Gasteiger partial charge < -0.3 is 0 Å². The molecule has 1 N–H and O–H groups in total. The van der Waals surface area contributed by atoms with Crippen LogP contribution in [0.1, 0.15) is 16.1 Å². The van der Waals surface area contributed by atoms with Crippen molar-refractivity contribution in [2.24, 2.45) is 0 Å². The Bertz CT molecular complexity index is 528. The number of nitrogens with zero attached hydrogens (tertiary/aromatic N) is 1. The summed E-state index contributed by atoms with van der Waals surface area (Å²) in [6.07, 6.45) is -3.77. The van der Waals surface area contributed by atoms with Crippen molar-refractivity contribution in [1.29, 1.82) is 0 Å². The third-order valence-electron chi connectivity index (χ3n) is 2.23. The van der Waals surface area contributed by atoms with E-state index in [9.17, 15) is 18.0 Å². The van der Waals surface area contributed by atoms with Crippen molar-refractivity contribution in [2.45, 2.75) is 6.18 Å². The number of aldehydes is 1. The van der Waals surface area contributed by atoms with Gasteiger partial charge in [-0.2, -0.15) is 18.3 Å². The summed E-state index contributed by atoms with van der Waals surface area (Å²) in [5.74, 6) is 0. The maximum absolute atomic E-state index is 12.3. The van der Waals surface area contributed by atoms with Gasteiger partial charge >= 0.3 is 6.18 Å². The zero-order chi connectivity index (χ0) is 12.5. The molecule has 0 aliphatic carbocycles. The lowest BCUT2D eigenvalue weighted by molar-refractivity contribution is -0.137. The van der Waals surface area contributed by atoms with Crippen molar-refractivity contribution in [3.63, 3.8) is 0 Å². The van der Waals surface area contributed by atoms with E-state index < -0.39 is 11.7 Å². The van der Waals surface area contributed by atoms with E-state index in [1.165, 1.54) is 18.2 Å². The average Bonchev–Trinajstić information content (AvgIpc) is 2.76. The summed E-state index contributed by atoms with van der Waals surface area (Å²) < 4.78 is 36.9. The molecule has 17 heavy (non-hydrogen) atoms. The van der Waals surface area contributed by atoms with Crippen LogP contribution in [0.3, 0.4) is 0 Å². The molecule has 1 aromatic carbocycles. The molecule has 2 rings (SSSR count). The van der Waals surface area contributed by atoms with Crippen LogP contribution in [0.4, 0.5) is 13.2 Å². The Hall–Kier alpha value is -2.11. The van der Waals surface area contributed by atoms with Crippen LogP contribution in [0.5, 0.6) is 0 Å². The number of carbonyl (C=O) groups is 1. The molecule has 0 spiro atoms. The van der Waals surface area contributed by atoms with E-state index in [4.69, 9.17) is 0 Å². The van der Waals surface area contributed by atoms with Crippen LogP contribution in [0.25, 0.3) is 11.3 Å². The fourth-order valence-corrected chi connectivity index (χ4v) is 1.37. The van der Waals surface area contributed by atoms with E-state index in [2.05, 4.69) is 10.2 Å². The average molecular weight is 240 g/mol. The van der Waals surface area contributed by atoms with Crippen molar-refractivity contribution >= 4 is 6.29 Å². The number of aromatic amines is 1. The Labute approximate surface area is 94.3 Å². The summed E-state index contributed by atoms with van der Waals surface area (Å²) in [5.41, 5.74) is 0.510. The zero-order valence-electron chi connectivity index (χ0n) is 8.45. The third kappa shape index (κ3) is 2.35. The molecule has 0 saturated heterocycles. The van der Waals surface area contributed by atoms with Crippen LogP contribution in [-0.2, 0) is 6.18 Å². The number of aromatic nitrogens is 2. The number of halogens is 3. The molecule has 2 aromatic rings. The fraction of sp³-hybridized carbons (Fsp3) is 0.0909. The van der Waals surface area contributed by atoms with Gasteiger partial charge in [-0.05, 0) is 18.2 Å². The van der Waals surface area contributed by atoms with E-state index >= 15 is 0 Å². The number of hydrogen-bond donors (Lipinski definition) is 1. The Morgan fingerprint density at radius 3 is 2.29 bits per heavy atom. The van der Waals surface area contributed by atoms with Crippen molar-refractivity contribution in [3.8, 4) is 11.3 Å². The minimum absolute atomic E-state index is 0.278. The molecule has 0 radical (unpaired) electrons. The molecular weight excluding hydrogens is 233 g/mol. The van der Waals surface area contributed by atoms with Gasteiger partial charge in [-0.25, -0.2) is 0 Å². The molecule has 0 saturated carbocycles. The Balaban J connectivity index is 2.32. The topological polar surface area (TPSA) is 45.8 Å². The standard InChI is InChI=1S/C11H7F3N2O/c12-11(13,14)8-3-1-7(2-4-8)10-5-9(6-17)15-16-10/h1-6H,(H,15,16). The first kappa shape index (κ1) is 11.4. The second-order valence-corrected chi connectivity index (χ2v) is 3.40. The largest absolute Gasteiger partial charge is 0.416 e. The molecule has 88 valence electrons. The van der Waals surface area contributed by atoms with Crippen molar-refractivity contribution in [2.75, 3.05) is 0 Å². The molecule has 0 aliphatic rings. The second kappa shape index (κ2) is 4.04. The summed E-state index contributed by atoms with van der Waals surface area (Å²) in [7, 11) is 0. The van der Waals surface area contributed by atoms with Crippen molar-refractivity contribution < 1.29 is 18.0 Å². The number of hydrogen-bond acceptors (Lipinski definition) is 2. The number of rotatable bonds is 2. The number of alkyl halides is 3. The van der Waals surface area contributed by atoms with Gasteiger partial charge in [0, 0.05) is 5.56 Å². The molecule has 0 unspecified atom stereocenters. The number of carbonyl (C=O) groups excluding carboxylic acids is 1. The van der Waals surface area contributed by atoms with Gasteiger partial charge in [-0.15, -0.1) is 0 Å². The molecule has 1 heterocycles. The first-order valence-electron chi connectivity index (χ1n) is 4.69. The molecule has 0 atom stereocenters. The zero-order valence-corrected chi connectivity index (χ0v) is 8.45. The summed E-state index contributed by atoms with van der Waals surface area (Å²) >= 11 is 0. The van der Waals surface area contributed by atoms with Crippen LogP contribution < -0.4 is 0 Å². The minimum Gasteiger partial charge on any atom is -0.296 e. The van der Waals surface area contributed by atoms with Gasteiger partial charge in [0.1, 0.15) is 0 Å². The van der Waals surface area contributed by atoms with Gasteiger partial charge in [0.05, 0.1) is 17.0 Å². The molecular formula is C11H7F3N2O. The molecule has 6 heteroatoms. The van der Waals surface area contributed by atoms with E-state index in [1.54, 1.807) is 0 Å². The molecule has 0 amide bonds. The highest BCUT2D eigenvalue weighted by molar-refractivity contribution is 5.75. The fourth-order valence-electron chi connectivity index (χ4n) is 1.37. The Kier molecular flexibility index (Phi) is 2.71. The van der Waals surface area contributed by atoms with Crippen LogP contribution in [0.15, 0.2) is 30.3 Å². The highest BCUT2D eigenvalue weighted by Gasteiger charge is 2.30.